The first-order valence-corrected chi connectivity index (χ1v) is 9.00. The number of carboxylic acids is 1. The van der Waals surface area contributed by atoms with Crippen molar-refractivity contribution in [3.8, 4) is 11.5 Å². The molecule has 0 heterocycles. The molecule has 0 spiro atoms. The average molecular weight is 363 g/mol. The van der Waals surface area contributed by atoms with Gasteiger partial charge in [0, 0.05) is 6.08 Å². The molecule has 1 aromatic rings. The van der Waals surface area contributed by atoms with Crippen molar-refractivity contribution < 1.29 is 24.2 Å². The fourth-order valence-electron chi connectivity index (χ4n) is 2.23. The Kier molecular flexibility index (Phi) is 9.26. The predicted octanol–water partition coefficient (Wildman–Crippen LogP) is 3.50. The fraction of sp³-hybridized carbons (Fsp3) is 0.500. The van der Waals surface area contributed by atoms with Gasteiger partial charge in [-0.05, 0) is 43.0 Å². The van der Waals surface area contributed by atoms with E-state index in [1.807, 2.05) is 19.1 Å². The minimum Gasteiger partial charge on any atom is -0.490 e. The molecule has 2 N–H and O–H groups in total. The van der Waals surface area contributed by atoms with Crippen LogP contribution in [0, 0.1) is 5.92 Å². The van der Waals surface area contributed by atoms with Crippen molar-refractivity contribution in [1.29, 1.82) is 0 Å². The van der Waals surface area contributed by atoms with Crippen molar-refractivity contribution in [2.75, 3.05) is 13.2 Å². The van der Waals surface area contributed by atoms with Crippen LogP contribution < -0.4 is 14.8 Å². The topological polar surface area (TPSA) is 84.9 Å². The average Bonchev–Trinajstić information content (AvgIpc) is 2.59. The van der Waals surface area contributed by atoms with Crippen LogP contribution in [-0.4, -0.2) is 36.2 Å². The largest absolute Gasteiger partial charge is 0.490 e. The Hall–Kier alpha value is -2.50. The normalized spacial score (nSPS) is 12.2. The van der Waals surface area contributed by atoms with E-state index in [1.165, 1.54) is 6.08 Å². The van der Waals surface area contributed by atoms with Gasteiger partial charge in [-0.15, -0.1) is 0 Å². The van der Waals surface area contributed by atoms with Crippen molar-refractivity contribution in [3.63, 3.8) is 0 Å². The number of carbonyl (C=O) groups excluding carboxylic acids is 1. The van der Waals surface area contributed by atoms with E-state index in [4.69, 9.17) is 14.6 Å². The molecule has 0 bridgehead atoms. The number of amides is 1. The van der Waals surface area contributed by atoms with Crippen LogP contribution >= 0.6 is 0 Å². The predicted molar refractivity (Wildman–Crippen MR) is 101 cm³/mol. The molecule has 1 amide bonds. The molecular weight excluding hydrogens is 334 g/mol. The maximum Gasteiger partial charge on any atom is 0.326 e. The summed E-state index contributed by atoms with van der Waals surface area (Å²) in [5.74, 6) is -0.403. The van der Waals surface area contributed by atoms with E-state index in [1.54, 1.807) is 26.0 Å². The highest BCUT2D eigenvalue weighted by molar-refractivity contribution is 5.94. The van der Waals surface area contributed by atoms with Crippen LogP contribution in [0.4, 0.5) is 0 Å². The van der Waals surface area contributed by atoms with Crippen molar-refractivity contribution >= 4 is 18.0 Å². The van der Waals surface area contributed by atoms with E-state index < -0.39 is 17.9 Å². The standard InChI is InChI=1S/C20H29NO5/c1-5-7-12-26-16-10-8-15(13-17(16)25-6-2)9-11-18(22)21-19(14(3)4)20(23)24/h8-11,13-14,19H,5-7,12H2,1-4H3,(H,21,22)(H,23,24)/b11-9+. The summed E-state index contributed by atoms with van der Waals surface area (Å²) in [5.41, 5.74) is 0.767. The number of rotatable bonds is 11. The molecule has 0 radical (unpaired) electrons. The van der Waals surface area contributed by atoms with E-state index in [0.717, 1.165) is 18.4 Å². The first-order chi connectivity index (χ1) is 12.4. The maximum atomic E-state index is 12.0. The summed E-state index contributed by atoms with van der Waals surface area (Å²) in [7, 11) is 0. The second-order valence-electron chi connectivity index (χ2n) is 6.24. The summed E-state index contributed by atoms with van der Waals surface area (Å²) in [6.45, 7) is 8.61. The molecule has 0 aliphatic rings. The molecule has 144 valence electrons. The molecule has 1 atom stereocenters. The molecule has 1 unspecified atom stereocenters. The maximum absolute atomic E-state index is 12.0. The minimum atomic E-state index is -1.05. The Morgan fingerprint density at radius 2 is 1.92 bits per heavy atom. The Bertz CT molecular complexity index is 625. The molecular formula is C20H29NO5. The number of unbranched alkanes of at least 4 members (excludes halogenated alkanes) is 1. The second-order valence-corrected chi connectivity index (χ2v) is 6.24. The number of hydrogen-bond donors (Lipinski definition) is 2. The van der Waals surface area contributed by atoms with E-state index in [2.05, 4.69) is 12.2 Å². The molecule has 0 fully saturated rings. The molecule has 0 saturated heterocycles. The van der Waals surface area contributed by atoms with Gasteiger partial charge in [0.2, 0.25) is 5.91 Å². The van der Waals surface area contributed by atoms with Crippen LogP contribution in [0.5, 0.6) is 11.5 Å². The van der Waals surface area contributed by atoms with Gasteiger partial charge >= 0.3 is 5.97 Å². The van der Waals surface area contributed by atoms with Gasteiger partial charge in [-0.3, -0.25) is 4.79 Å². The summed E-state index contributed by atoms with van der Waals surface area (Å²) in [5, 5.41) is 11.6. The Morgan fingerprint density at radius 3 is 2.50 bits per heavy atom. The summed E-state index contributed by atoms with van der Waals surface area (Å²) >= 11 is 0. The zero-order valence-corrected chi connectivity index (χ0v) is 16.0. The highest BCUT2D eigenvalue weighted by atomic mass is 16.5. The van der Waals surface area contributed by atoms with Crippen LogP contribution in [0.3, 0.4) is 0 Å². The summed E-state index contributed by atoms with van der Waals surface area (Å²) < 4.78 is 11.3. The van der Waals surface area contributed by atoms with Gasteiger partial charge in [0.25, 0.3) is 0 Å². The number of ether oxygens (including phenoxy) is 2. The Morgan fingerprint density at radius 1 is 1.19 bits per heavy atom. The molecule has 26 heavy (non-hydrogen) atoms. The van der Waals surface area contributed by atoms with Gasteiger partial charge < -0.3 is 19.9 Å². The Labute approximate surface area is 155 Å². The number of carbonyl (C=O) groups is 2. The van der Waals surface area contributed by atoms with E-state index in [9.17, 15) is 9.59 Å². The number of carboxylic acid groups (broad SMARTS) is 1. The number of hydrogen-bond acceptors (Lipinski definition) is 4. The monoisotopic (exact) mass is 363 g/mol. The van der Waals surface area contributed by atoms with Gasteiger partial charge in [0.05, 0.1) is 13.2 Å². The molecule has 0 aromatic heterocycles. The summed E-state index contributed by atoms with van der Waals surface area (Å²) in [4.78, 5) is 23.1. The molecule has 1 rings (SSSR count). The van der Waals surface area contributed by atoms with Crippen LogP contribution in [0.15, 0.2) is 24.3 Å². The molecule has 0 aliphatic carbocycles. The first-order valence-electron chi connectivity index (χ1n) is 9.00. The third-order valence-corrected chi connectivity index (χ3v) is 3.68. The molecule has 0 aliphatic heterocycles. The van der Waals surface area contributed by atoms with Crippen molar-refractivity contribution in [3.05, 3.63) is 29.8 Å². The van der Waals surface area contributed by atoms with Gasteiger partial charge in [-0.2, -0.15) is 0 Å². The van der Waals surface area contributed by atoms with Crippen LogP contribution in [0.2, 0.25) is 0 Å². The summed E-state index contributed by atoms with van der Waals surface area (Å²) in [6.07, 6.45) is 4.95. The highest BCUT2D eigenvalue weighted by Gasteiger charge is 2.22. The molecule has 0 saturated carbocycles. The lowest BCUT2D eigenvalue weighted by atomic mass is 10.0. The lowest BCUT2D eigenvalue weighted by molar-refractivity contribution is -0.142. The van der Waals surface area contributed by atoms with Gasteiger partial charge in [-0.1, -0.05) is 33.3 Å². The van der Waals surface area contributed by atoms with Crippen molar-refractivity contribution in [2.45, 2.75) is 46.6 Å². The first kappa shape index (κ1) is 21.5. The van der Waals surface area contributed by atoms with E-state index in [-0.39, 0.29) is 5.92 Å². The van der Waals surface area contributed by atoms with Crippen LogP contribution in [0.1, 0.15) is 46.1 Å². The van der Waals surface area contributed by atoms with Crippen molar-refractivity contribution in [1.82, 2.24) is 5.32 Å². The Balaban J connectivity index is 2.81. The number of nitrogens with one attached hydrogen (secondary N) is 1. The van der Waals surface area contributed by atoms with E-state index >= 15 is 0 Å². The lowest BCUT2D eigenvalue weighted by Gasteiger charge is -2.16. The highest BCUT2D eigenvalue weighted by Crippen LogP contribution is 2.29. The molecule has 1 aromatic carbocycles. The van der Waals surface area contributed by atoms with Crippen molar-refractivity contribution in [2.24, 2.45) is 5.92 Å². The minimum absolute atomic E-state index is 0.200. The third kappa shape index (κ3) is 7.17. The quantitative estimate of drug-likeness (QED) is 0.464. The SMILES string of the molecule is CCCCOc1ccc(/C=C/C(=O)NC(C(=O)O)C(C)C)cc1OCC. The number of aliphatic carboxylic acids is 1. The molecule has 6 nitrogen and oxygen atoms in total. The molecule has 6 heteroatoms. The fourth-order valence-corrected chi connectivity index (χ4v) is 2.23. The smallest absolute Gasteiger partial charge is 0.326 e. The zero-order valence-electron chi connectivity index (χ0n) is 16.0. The number of benzene rings is 1. The summed E-state index contributed by atoms with van der Waals surface area (Å²) in [6, 6.07) is 4.52. The van der Waals surface area contributed by atoms with E-state index in [0.29, 0.717) is 24.7 Å². The zero-order chi connectivity index (χ0) is 19.5. The van der Waals surface area contributed by atoms with Gasteiger partial charge in [0.15, 0.2) is 11.5 Å². The lowest BCUT2D eigenvalue weighted by Crippen LogP contribution is -2.43. The van der Waals surface area contributed by atoms with Gasteiger partial charge in [-0.25, -0.2) is 4.79 Å². The third-order valence-electron chi connectivity index (χ3n) is 3.68. The van der Waals surface area contributed by atoms with Crippen LogP contribution in [0.25, 0.3) is 6.08 Å². The second kappa shape index (κ2) is 11.2. The van der Waals surface area contributed by atoms with Gasteiger partial charge in [0.1, 0.15) is 6.04 Å². The van der Waals surface area contributed by atoms with Crippen LogP contribution in [-0.2, 0) is 9.59 Å².